The molecule has 3 aromatic carbocycles. The standard InChI is InChI=1S/C25H18ClFN2O4S/c26-19-10-6-11-20(27)18(19)14-29-24(31)22(34-25(29)32)13-16-7-4-5-12-21(16)33-15-23(30)28-17-8-2-1-3-9-17/h1-13H,14-15H2,(H,28,30)/b22-13+. The minimum Gasteiger partial charge on any atom is -0.483 e. The molecule has 3 aromatic rings. The van der Waals surface area contributed by atoms with E-state index in [0.717, 1.165) is 16.7 Å². The first kappa shape index (κ1) is 23.5. The summed E-state index contributed by atoms with van der Waals surface area (Å²) in [5, 5.41) is 2.33. The molecule has 0 atom stereocenters. The van der Waals surface area contributed by atoms with Crippen molar-refractivity contribution in [2.75, 3.05) is 11.9 Å². The molecular weight excluding hydrogens is 479 g/mol. The van der Waals surface area contributed by atoms with Crippen molar-refractivity contribution in [1.82, 2.24) is 4.90 Å². The van der Waals surface area contributed by atoms with Gasteiger partial charge in [-0.1, -0.05) is 54.1 Å². The van der Waals surface area contributed by atoms with Gasteiger partial charge in [0.25, 0.3) is 17.1 Å². The van der Waals surface area contributed by atoms with Crippen molar-refractivity contribution in [3.63, 3.8) is 0 Å². The summed E-state index contributed by atoms with van der Waals surface area (Å²) in [6.45, 7) is -0.516. The first-order valence-electron chi connectivity index (χ1n) is 10.2. The molecule has 6 nitrogen and oxygen atoms in total. The number of hydrogen-bond acceptors (Lipinski definition) is 5. The van der Waals surface area contributed by atoms with E-state index in [4.69, 9.17) is 16.3 Å². The van der Waals surface area contributed by atoms with Crippen LogP contribution in [0.15, 0.2) is 77.7 Å². The van der Waals surface area contributed by atoms with E-state index < -0.39 is 17.0 Å². The van der Waals surface area contributed by atoms with Gasteiger partial charge in [-0.3, -0.25) is 19.3 Å². The SMILES string of the molecule is O=C(COc1ccccc1/C=C1/SC(=O)N(Cc2c(F)cccc2Cl)C1=O)Nc1ccccc1. The van der Waals surface area contributed by atoms with Gasteiger partial charge in [0.05, 0.1) is 11.4 Å². The topological polar surface area (TPSA) is 75.7 Å². The third-order valence-corrected chi connectivity index (χ3v) is 6.13. The van der Waals surface area contributed by atoms with Gasteiger partial charge in [0.15, 0.2) is 6.61 Å². The van der Waals surface area contributed by atoms with Crippen molar-refractivity contribution < 1.29 is 23.5 Å². The van der Waals surface area contributed by atoms with Gasteiger partial charge >= 0.3 is 0 Å². The van der Waals surface area contributed by atoms with Crippen LogP contribution in [0.2, 0.25) is 5.02 Å². The molecule has 0 unspecified atom stereocenters. The number of benzene rings is 3. The van der Waals surface area contributed by atoms with Gasteiger partial charge < -0.3 is 10.1 Å². The molecule has 4 rings (SSSR count). The lowest BCUT2D eigenvalue weighted by molar-refractivity contribution is -0.123. The molecule has 172 valence electrons. The van der Waals surface area contributed by atoms with Crippen LogP contribution in [-0.2, 0) is 16.1 Å². The summed E-state index contributed by atoms with van der Waals surface area (Å²) in [5.41, 5.74) is 1.23. The average Bonchev–Trinajstić information content (AvgIpc) is 3.08. The van der Waals surface area contributed by atoms with E-state index in [2.05, 4.69) is 5.32 Å². The van der Waals surface area contributed by atoms with Crippen LogP contribution in [0.5, 0.6) is 5.75 Å². The maximum absolute atomic E-state index is 14.1. The second kappa shape index (κ2) is 10.5. The predicted octanol–water partition coefficient (Wildman–Crippen LogP) is 5.73. The Bertz CT molecular complexity index is 1260. The largest absolute Gasteiger partial charge is 0.483 e. The van der Waals surface area contributed by atoms with E-state index in [9.17, 15) is 18.8 Å². The highest BCUT2D eigenvalue weighted by Crippen LogP contribution is 2.36. The van der Waals surface area contributed by atoms with Crippen LogP contribution < -0.4 is 10.1 Å². The first-order valence-corrected chi connectivity index (χ1v) is 11.4. The molecule has 1 saturated heterocycles. The Morgan fingerprint density at radius 3 is 2.53 bits per heavy atom. The molecule has 0 spiro atoms. The summed E-state index contributed by atoms with van der Waals surface area (Å²) in [6, 6.07) is 20.0. The molecule has 0 bridgehead atoms. The lowest BCUT2D eigenvalue weighted by Crippen LogP contribution is -2.28. The van der Waals surface area contributed by atoms with Crippen LogP contribution in [0.25, 0.3) is 6.08 Å². The van der Waals surface area contributed by atoms with E-state index in [1.807, 2.05) is 6.07 Å². The first-order chi connectivity index (χ1) is 16.4. The second-order valence-corrected chi connectivity index (χ2v) is 8.61. The lowest BCUT2D eigenvalue weighted by atomic mass is 10.1. The molecular formula is C25H18ClFN2O4S. The molecule has 3 amide bonds. The number of carbonyl (C=O) groups excluding carboxylic acids is 3. The van der Waals surface area contributed by atoms with E-state index >= 15 is 0 Å². The number of carbonyl (C=O) groups is 3. The van der Waals surface area contributed by atoms with Crippen LogP contribution in [0.3, 0.4) is 0 Å². The van der Waals surface area contributed by atoms with E-state index in [1.165, 1.54) is 24.3 Å². The molecule has 0 saturated carbocycles. The molecule has 1 N–H and O–H groups in total. The highest BCUT2D eigenvalue weighted by atomic mass is 35.5. The number of para-hydroxylation sites is 2. The van der Waals surface area contributed by atoms with E-state index in [-0.39, 0.29) is 34.6 Å². The van der Waals surface area contributed by atoms with Gasteiger partial charge in [-0.15, -0.1) is 0 Å². The predicted molar refractivity (Wildman–Crippen MR) is 130 cm³/mol. The van der Waals surface area contributed by atoms with E-state index in [1.54, 1.807) is 48.5 Å². The van der Waals surface area contributed by atoms with Crippen molar-refractivity contribution in [3.8, 4) is 5.75 Å². The third-order valence-electron chi connectivity index (χ3n) is 4.87. The number of imide groups is 1. The maximum atomic E-state index is 14.1. The van der Waals surface area contributed by atoms with Crippen LogP contribution in [0.1, 0.15) is 11.1 Å². The summed E-state index contributed by atoms with van der Waals surface area (Å²) in [4.78, 5) is 38.6. The quantitative estimate of drug-likeness (QED) is 0.422. The second-order valence-electron chi connectivity index (χ2n) is 7.21. The summed E-state index contributed by atoms with van der Waals surface area (Å²) >= 11 is 6.78. The Hall–Kier alpha value is -3.62. The van der Waals surface area contributed by atoms with Gasteiger partial charge in [-0.2, -0.15) is 0 Å². The van der Waals surface area contributed by atoms with Crippen LogP contribution in [0.4, 0.5) is 14.9 Å². The van der Waals surface area contributed by atoms with Gasteiger partial charge in [0.2, 0.25) is 0 Å². The van der Waals surface area contributed by atoms with Crippen molar-refractivity contribution in [1.29, 1.82) is 0 Å². The third kappa shape index (κ3) is 5.47. The number of ether oxygens (including phenoxy) is 1. The van der Waals surface area contributed by atoms with Crippen molar-refractivity contribution in [2.45, 2.75) is 6.54 Å². The zero-order valence-electron chi connectivity index (χ0n) is 17.7. The Morgan fingerprint density at radius 1 is 1.03 bits per heavy atom. The van der Waals surface area contributed by atoms with E-state index in [0.29, 0.717) is 17.0 Å². The number of rotatable bonds is 7. The number of anilines is 1. The summed E-state index contributed by atoms with van der Waals surface area (Å²) in [5.74, 6) is -1.13. The number of nitrogens with zero attached hydrogens (tertiary/aromatic N) is 1. The number of halogens is 2. The minimum atomic E-state index is -0.594. The molecule has 1 aliphatic rings. The van der Waals surface area contributed by atoms with Crippen LogP contribution in [0, 0.1) is 5.82 Å². The number of hydrogen-bond donors (Lipinski definition) is 1. The van der Waals surface area contributed by atoms with Gasteiger partial charge in [0, 0.05) is 21.8 Å². The summed E-state index contributed by atoms with van der Waals surface area (Å²) < 4.78 is 19.8. The Balaban J connectivity index is 1.47. The molecule has 0 radical (unpaired) electrons. The Kier molecular flexibility index (Phi) is 7.30. The normalized spacial score (nSPS) is 14.5. The van der Waals surface area contributed by atoms with Gasteiger partial charge in [0.1, 0.15) is 11.6 Å². The van der Waals surface area contributed by atoms with Gasteiger partial charge in [-0.25, -0.2) is 4.39 Å². The molecule has 34 heavy (non-hydrogen) atoms. The minimum absolute atomic E-state index is 0.0703. The van der Waals surface area contributed by atoms with Gasteiger partial charge in [-0.05, 0) is 48.2 Å². The number of amides is 3. The van der Waals surface area contributed by atoms with Crippen LogP contribution in [-0.4, -0.2) is 28.6 Å². The van der Waals surface area contributed by atoms with Crippen molar-refractivity contribution >= 4 is 52.2 Å². The Labute approximate surface area is 204 Å². The van der Waals surface area contributed by atoms with Crippen molar-refractivity contribution in [3.05, 3.63) is 99.7 Å². The van der Waals surface area contributed by atoms with Crippen LogP contribution >= 0.6 is 23.4 Å². The summed E-state index contributed by atoms with van der Waals surface area (Å²) in [6.07, 6.45) is 1.51. The zero-order chi connectivity index (χ0) is 24.1. The van der Waals surface area contributed by atoms with Crippen molar-refractivity contribution in [2.24, 2.45) is 0 Å². The highest BCUT2D eigenvalue weighted by Gasteiger charge is 2.36. The Morgan fingerprint density at radius 2 is 1.76 bits per heavy atom. The highest BCUT2D eigenvalue weighted by molar-refractivity contribution is 8.18. The average molecular weight is 497 g/mol. The smallest absolute Gasteiger partial charge is 0.293 e. The molecule has 0 aliphatic carbocycles. The number of thioether (sulfide) groups is 1. The monoisotopic (exact) mass is 496 g/mol. The maximum Gasteiger partial charge on any atom is 0.293 e. The molecule has 1 heterocycles. The molecule has 0 aromatic heterocycles. The fourth-order valence-corrected chi connectivity index (χ4v) is 4.26. The fraction of sp³-hybridized carbons (Fsp3) is 0.0800. The zero-order valence-corrected chi connectivity index (χ0v) is 19.2. The molecule has 9 heteroatoms. The number of nitrogens with one attached hydrogen (secondary N) is 1. The fourth-order valence-electron chi connectivity index (χ4n) is 3.21. The summed E-state index contributed by atoms with van der Waals surface area (Å²) in [7, 11) is 0. The molecule has 1 fully saturated rings. The lowest BCUT2D eigenvalue weighted by Gasteiger charge is -2.14. The molecule has 1 aliphatic heterocycles.